The molecule has 0 bridgehead atoms. The number of hydrogen-bond acceptors (Lipinski definition) is 5. The number of rotatable bonds is 10. The number of halogens is 1. The number of nitrogens with one attached hydrogen (secondary N) is 3. The standard InChI is InChI=1S/C27H27ClN4O3/c28-20-17-18(21-10-12-26(33)32-31-21)9-11-24(20)35-16-14-29-13-4-15-34-25-8-3-7-23-27(25)19-5-1-2-6-22(19)30-23/h1-3,5-9,11,17,29-30H,4,10,12-16H2,(H,32,33). The fourth-order valence-corrected chi connectivity index (χ4v) is 4.44. The summed E-state index contributed by atoms with van der Waals surface area (Å²) in [6.07, 6.45) is 1.92. The van der Waals surface area contributed by atoms with Gasteiger partial charge in [-0.1, -0.05) is 35.9 Å². The second-order valence-electron chi connectivity index (χ2n) is 8.39. The second kappa shape index (κ2) is 10.8. The molecule has 5 rings (SSSR count). The van der Waals surface area contributed by atoms with Crippen molar-refractivity contribution in [2.75, 3.05) is 26.3 Å². The lowest BCUT2D eigenvalue weighted by Crippen LogP contribution is -2.25. The zero-order chi connectivity index (χ0) is 24.0. The number of carbonyl (C=O) groups is 1. The Morgan fingerprint density at radius 2 is 1.77 bits per heavy atom. The molecule has 0 saturated heterocycles. The first-order valence-electron chi connectivity index (χ1n) is 11.8. The van der Waals surface area contributed by atoms with Gasteiger partial charge in [0.1, 0.15) is 18.1 Å². The van der Waals surface area contributed by atoms with E-state index in [1.807, 2.05) is 42.5 Å². The minimum Gasteiger partial charge on any atom is -0.493 e. The summed E-state index contributed by atoms with van der Waals surface area (Å²) in [4.78, 5) is 14.7. The van der Waals surface area contributed by atoms with Gasteiger partial charge in [-0.25, -0.2) is 5.43 Å². The van der Waals surface area contributed by atoms with E-state index in [9.17, 15) is 4.79 Å². The lowest BCUT2D eigenvalue weighted by atomic mass is 10.0. The first kappa shape index (κ1) is 23.2. The molecule has 8 heteroatoms. The second-order valence-corrected chi connectivity index (χ2v) is 8.80. The number of fused-ring (bicyclic) bond motifs is 3. The molecule has 0 radical (unpaired) electrons. The van der Waals surface area contributed by atoms with E-state index in [1.54, 1.807) is 0 Å². The summed E-state index contributed by atoms with van der Waals surface area (Å²) in [5.41, 5.74) is 6.42. The number of ether oxygens (including phenoxy) is 2. The minimum atomic E-state index is -0.0643. The van der Waals surface area contributed by atoms with Crippen LogP contribution in [0.4, 0.5) is 0 Å². The van der Waals surface area contributed by atoms with Crippen LogP contribution in [0, 0.1) is 0 Å². The molecule has 7 nitrogen and oxygen atoms in total. The number of amides is 1. The molecule has 180 valence electrons. The van der Waals surface area contributed by atoms with Crippen molar-refractivity contribution in [1.82, 2.24) is 15.7 Å². The molecule has 0 fully saturated rings. The normalized spacial score (nSPS) is 13.6. The molecule has 3 N–H and O–H groups in total. The SMILES string of the molecule is O=C1CCC(c2ccc(OCCNCCCOc3cccc4[nH]c5ccccc5c34)c(Cl)c2)=NN1. The van der Waals surface area contributed by atoms with Gasteiger partial charge in [0.2, 0.25) is 5.91 Å². The molecule has 4 aromatic rings. The fourth-order valence-electron chi connectivity index (χ4n) is 4.21. The van der Waals surface area contributed by atoms with E-state index >= 15 is 0 Å². The molecule has 0 saturated carbocycles. The molecular formula is C27H27ClN4O3. The summed E-state index contributed by atoms with van der Waals surface area (Å²) < 4.78 is 11.9. The number of hydrogen-bond donors (Lipinski definition) is 3. The molecule has 2 heterocycles. The number of H-pyrrole nitrogens is 1. The van der Waals surface area contributed by atoms with Gasteiger partial charge in [-0.3, -0.25) is 4.79 Å². The summed E-state index contributed by atoms with van der Waals surface area (Å²) >= 11 is 6.38. The van der Waals surface area contributed by atoms with Crippen molar-refractivity contribution >= 4 is 45.0 Å². The number of aromatic nitrogens is 1. The minimum absolute atomic E-state index is 0.0643. The Kier molecular flexibility index (Phi) is 7.16. The van der Waals surface area contributed by atoms with Crippen LogP contribution in [0.2, 0.25) is 5.02 Å². The zero-order valence-electron chi connectivity index (χ0n) is 19.3. The highest BCUT2D eigenvalue weighted by Gasteiger charge is 2.14. The van der Waals surface area contributed by atoms with Crippen LogP contribution in [0.15, 0.2) is 65.8 Å². The maximum Gasteiger partial charge on any atom is 0.240 e. The molecule has 1 aromatic heterocycles. The number of hydrazone groups is 1. The highest BCUT2D eigenvalue weighted by atomic mass is 35.5. The number of aromatic amines is 1. The van der Waals surface area contributed by atoms with Crippen LogP contribution < -0.4 is 20.2 Å². The fraction of sp³-hybridized carbons (Fsp3) is 0.259. The van der Waals surface area contributed by atoms with Crippen molar-refractivity contribution in [2.45, 2.75) is 19.3 Å². The maximum absolute atomic E-state index is 11.3. The molecular weight excluding hydrogens is 464 g/mol. The number of benzene rings is 3. The molecule has 0 spiro atoms. The first-order chi connectivity index (χ1) is 17.2. The Hall–Kier alpha value is -3.55. The van der Waals surface area contributed by atoms with Gasteiger partial charge in [0.15, 0.2) is 0 Å². The Balaban J connectivity index is 1.04. The summed E-state index contributed by atoms with van der Waals surface area (Å²) in [6.45, 7) is 2.66. The van der Waals surface area contributed by atoms with Crippen LogP contribution in [0.25, 0.3) is 21.8 Å². The van der Waals surface area contributed by atoms with Crippen molar-refractivity contribution in [3.8, 4) is 11.5 Å². The van der Waals surface area contributed by atoms with Crippen LogP contribution in [-0.4, -0.2) is 42.9 Å². The molecule has 1 aliphatic rings. The summed E-state index contributed by atoms with van der Waals surface area (Å²) in [5, 5.41) is 10.3. The first-order valence-corrected chi connectivity index (χ1v) is 12.2. The van der Waals surface area contributed by atoms with Crippen LogP contribution in [0.3, 0.4) is 0 Å². The predicted octanol–water partition coefficient (Wildman–Crippen LogP) is 5.03. The zero-order valence-corrected chi connectivity index (χ0v) is 20.0. The van der Waals surface area contributed by atoms with E-state index in [-0.39, 0.29) is 5.91 Å². The van der Waals surface area contributed by atoms with Gasteiger partial charge >= 0.3 is 0 Å². The predicted molar refractivity (Wildman–Crippen MR) is 140 cm³/mol. The average Bonchev–Trinajstić information content (AvgIpc) is 3.26. The highest BCUT2D eigenvalue weighted by molar-refractivity contribution is 6.32. The number of carbonyl (C=O) groups excluding carboxylic acids is 1. The van der Waals surface area contributed by atoms with Crippen LogP contribution >= 0.6 is 11.6 Å². The van der Waals surface area contributed by atoms with E-state index in [1.165, 1.54) is 5.39 Å². The Labute approximate surface area is 208 Å². The third kappa shape index (κ3) is 5.42. The summed E-state index contributed by atoms with van der Waals surface area (Å²) in [5.74, 6) is 1.47. The summed E-state index contributed by atoms with van der Waals surface area (Å²) in [7, 11) is 0. The van der Waals surface area contributed by atoms with Crippen molar-refractivity contribution in [3.63, 3.8) is 0 Å². The van der Waals surface area contributed by atoms with Gasteiger partial charge in [-0.15, -0.1) is 0 Å². The van der Waals surface area contributed by atoms with E-state index in [0.29, 0.717) is 43.4 Å². The largest absolute Gasteiger partial charge is 0.493 e. The van der Waals surface area contributed by atoms with E-state index in [0.717, 1.165) is 46.4 Å². The monoisotopic (exact) mass is 490 g/mol. The molecule has 3 aromatic carbocycles. The summed E-state index contributed by atoms with van der Waals surface area (Å²) in [6, 6.07) is 20.0. The van der Waals surface area contributed by atoms with E-state index < -0.39 is 0 Å². The van der Waals surface area contributed by atoms with Gasteiger partial charge < -0.3 is 19.8 Å². The van der Waals surface area contributed by atoms with Crippen LogP contribution in [0.5, 0.6) is 11.5 Å². The van der Waals surface area contributed by atoms with Gasteiger partial charge in [0, 0.05) is 35.7 Å². The number of nitrogens with zero attached hydrogens (tertiary/aromatic N) is 1. The Morgan fingerprint density at radius 3 is 2.63 bits per heavy atom. The van der Waals surface area contributed by atoms with Crippen molar-refractivity contribution in [1.29, 1.82) is 0 Å². The maximum atomic E-state index is 11.3. The molecule has 0 unspecified atom stereocenters. The van der Waals surface area contributed by atoms with Gasteiger partial charge in [0.25, 0.3) is 0 Å². The van der Waals surface area contributed by atoms with E-state index in [4.69, 9.17) is 21.1 Å². The highest BCUT2D eigenvalue weighted by Crippen LogP contribution is 2.33. The Bertz CT molecular complexity index is 1380. The smallest absolute Gasteiger partial charge is 0.240 e. The third-order valence-electron chi connectivity index (χ3n) is 5.95. The van der Waals surface area contributed by atoms with Crippen LogP contribution in [-0.2, 0) is 4.79 Å². The third-order valence-corrected chi connectivity index (χ3v) is 6.25. The van der Waals surface area contributed by atoms with Gasteiger partial charge in [-0.2, -0.15) is 5.10 Å². The van der Waals surface area contributed by atoms with Crippen molar-refractivity contribution < 1.29 is 14.3 Å². The van der Waals surface area contributed by atoms with Gasteiger partial charge in [0.05, 0.1) is 22.9 Å². The van der Waals surface area contributed by atoms with Crippen LogP contribution in [0.1, 0.15) is 24.8 Å². The number of para-hydroxylation sites is 1. The van der Waals surface area contributed by atoms with Crippen molar-refractivity contribution in [3.05, 3.63) is 71.2 Å². The molecule has 35 heavy (non-hydrogen) atoms. The van der Waals surface area contributed by atoms with E-state index in [2.05, 4.69) is 39.0 Å². The molecule has 1 aliphatic heterocycles. The van der Waals surface area contributed by atoms with Crippen molar-refractivity contribution in [2.24, 2.45) is 5.10 Å². The average molecular weight is 491 g/mol. The lowest BCUT2D eigenvalue weighted by molar-refractivity contribution is -0.121. The molecule has 0 aliphatic carbocycles. The Morgan fingerprint density at radius 1 is 0.914 bits per heavy atom. The van der Waals surface area contributed by atoms with Gasteiger partial charge in [-0.05, 0) is 54.9 Å². The molecule has 1 amide bonds. The lowest BCUT2D eigenvalue weighted by Gasteiger charge is -2.14. The topological polar surface area (TPSA) is 87.7 Å². The molecule has 0 atom stereocenters. The quantitative estimate of drug-likeness (QED) is 0.272.